The molecule has 1 aromatic carbocycles. The minimum Gasteiger partial charge on any atom is -0.334 e. The molecule has 0 radical (unpaired) electrons. The second-order valence-electron chi connectivity index (χ2n) is 10.7. The van der Waals surface area contributed by atoms with Gasteiger partial charge in [0.2, 0.25) is 11.7 Å². The molecule has 4 saturated carbocycles. The van der Waals surface area contributed by atoms with Gasteiger partial charge in [-0.2, -0.15) is 13.2 Å². The molecular weight excluding hydrogens is 379 g/mol. The molecule has 6 rings (SSSR count). The minimum atomic E-state index is -4.52. The van der Waals surface area contributed by atoms with E-state index in [0.29, 0.717) is 22.9 Å². The lowest BCUT2D eigenvalue weighted by molar-refractivity contribution is -0.153. The number of aromatic nitrogens is 2. The summed E-state index contributed by atoms with van der Waals surface area (Å²) >= 11 is 0. The van der Waals surface area contributed by atoms with E-state index in [1.807, 2.05) is 0 Å². The predicted molar refractivity (Wildman–Crippen MR) is 104 cm³/mol. The first-order chi connectivity index (χ1) is 13.5. The van der Waals surface area contributed by atoms with Crippen LogP contribution in [0.5, 0.6) is 0 Å². The maximum Gasteiger partial charge on any atom is 0.449 e. The number of rotatable bonds is 3. The molecule has 2 aromatic rings. The van der Waals surface area contributed by atoms with Crippen LogP contribution in [0.4, 0.5) is 18.9 Å². The van der Waals surface area contributed by atoms with Gasteiger partial charge in [0.05, 0.1) is 11.0 Å². The molecule has 7 heteroatoms. The second-order valence-corrected chi connectivity index (χ2v) is 10.7. The highest BCUT2D eigenvalue weighted by atomic mass is 19.4. The Bertz CT molecular complexity index is 977. The molecule has 0 aliphatic heterocycles. The number of carbonyl (C=O) groups excluding carboxylic acids is 1. The van der Waals surface area contributed by atoms with Crippen LogP contribution in [0.15, 0.2) is 18.2 Å². The zero-order chi connectivity index (χ0) is 20.7. The summed E-state index contributed by atoms with van der Waals surface area (Å²) in [6.45, 7) is 4.76. The number of carbonyl (C=O) groups is 1. The van der Waals surface area contributed by atoms with E-state index in [1.165, 1.54) is 31.4 Å². The quantitative estimate of drug-likeness (QED) is 0.667. The first-order valence-electron chi connectivity index (χ1n) is 10.3. The number of benzene rings is 1. The Balaban J connectivity index is 1.33. The van der Waals surface area contributed by atoms with Crippen LogP contribution >= 0.6 is 0 Å². The lowest BCUT2D eigenvalue weighted by atomic mass is 9.40. The summed E-state index contributed by atoms with van der Waals surface area (Å²) in [7, 11) is 0. The molecule has 2 unspecified atom stereocenters. The maximum absolute atomic E-state index is 12.9. The Kier molecular flexibility index (Phi) is 3.76. The molecule has 29 heavy (non-hydrogen) atoms. The molecule has 1 aromatic heterocycles. The van der Waals surface area contributed by atoms with E-state index in [4.69, 9.17) is 0 Å². The zero-order valence-corrected chi connectivity index (χ0v) is 16.7. The number of nitrogens with one attached hydrogen (secondary N) is 2. The monoisotopic (exact) mass is 405 g/mol. The summed E-state index contributed by atoms with van der Waals surface area (Å²) in [4.78, 5) is 18.8. The number of fused-ring (bicyclic) bond motifs is 1. The van der Waals surface area contributed by atoms with E-state index in [2.05, 4.69) is 29.1 Å². The van der Waals surface area contributed by atoms with Crippen LogP contribution in [0.3, 0.4) is 0 Å². The summed E-state index contributed by atoms with van der Waals surface area (Å²) in [5.74, 6) is -0.351. The van der Waals surface area contributed by atoms with Crippen LogP contribution in [0, 0.1) is 22.2 Å². The smallest absolute Gasteiger partial charge is 0.334 e. The Morgan fingerprint density at radius 1 is 1.17 bits per heavy atom. The molecular formula is C22H26F3N3O. The molecule has 4 bridgehead atoms. The lowest BCUT2D eigenvalue weighted by Gasteiger charge is -2.65. The number of hydrogen-bond acceptors (Lipinski definition) is 2. The fourth-order valence-electron chi connectivity index (χ4n) is 7.65. The number of H-pyrrole nitrogens is 1. The number of amides is 1. The van der Waals surface area contributed by atoms with Crippen molar-refractivity contribution in [3.63, 3.8) is 0 Å². The van der Waals surface area contributed by atoms with Gasteiger partial charge in [0.1, 0.15) is 0 Å². The van der Waals surface area contributed by atoms with Crippen molar-refractivity contribution in [2.24, 2.45) is 22.2 Å². The lowest BCUT2D eigenvalue weighted by Crippen LogP contribution is -2.55. The van der Waals surface area contributed by atoms with Crippen LogP contribution in [0.2, 0.25) is 0 Å². The van der Waals surface area contributed by atoms with Crippen LogP contribution in [-0.2, 0) is 11.0 Å². The van der Waals surface area contributed by atoms with Crippen LogP contribution in [0.25, 0.3) is 11.0 Å². The number of aromatic amines is 1. The highest BCUT2D eigenvalue weighted by molar-refractivity contribution is 5.93. The molecule has 4 fully saturated rings. The molecule has 1 heterocycles. The fourth-order valence-corrected chi connectivity index (χ4v) is 7.65. The van der Waals surface area contributed by atoms with E-state index < -0.39 is 12.0 Å². The third-order valence-electron chi connectivity index (χ3n) is 7.31. The number of alkyl halides is 3. The van der Waals surface area contributed by atoms with Crippen LogP contribution < -0.4 is 5.32 Å². The van der Waals surface area contributed by atoms with Gasteiger partial charge < -0.3 is 10.3 Å². The van der Waals surface area contributed by atoms with Gasteiger partial charge >= 0.3 is 6.18 Å². The maximum atomic E-state index is 12.9. The van der Waals surface area contributed by atoms with Crippen molar-refractivity contribution in [1.82, 2.24) is 9.97 Å². The normalized spacial score (nSPS) is 36.0. The number of anilines is 1. The zero-order valence-electron chi connectivity index (χ0n) is 16.7. The fraction of sp³-hybridized carbons (Fsp3) is 0.636. The highest BCUT2D eigenvalue weighted by Gasteiger charge is 2.60. The Morgan fingerprint density at radius 3 is 2.48 bits per heavy atom. The van der Waals surface area contributed by atoms with Gasteiger partial charge in [0.25, 0.3) is 0 Å². The molecule has 4 atom stereocenters. The molecule has 0 spiro atoms. The topological polar surface area (TPSA) is 57.8 Å². The van der Waals surface area contributed by atoms with Crippen molar-refractivity contribution in [1.29, 1.82) is 0 Å². The second kappa shape index (κ2) is 5.76. The van der Waals surface area contributed by atoms with E-state index >= 15 is 0 Å². The molecule has 4 aliphatic rings. The van der Waals surface area contributed by atoms with Gasteiger partial charge in [-0.25, -0.2) is 4.98 Å². The van der Waals surface area contributed by atoms with Crippen molar-refractivity contribution in [2.75, 3.05) is 5.32 Å². The predicted octanol–water partition coefficient (Wildman–Crippen LogP) is 5.91. The number of hydrogen-bond donors (Lipinski definition) is 2. The van der Waals surface area contributed by atoms with Crippen molar-refractivity contribution in [3.05, 3.63) is 24.0 Å². The molecule has 156 valence electrons. The van der Waals surface area contributed by atoms with Gasteiger partial charge in [-0.05, 0) is 78.9 Å². The summed E-state index contributed by atoms with van der Waals surface area (Å²) < 4.78 is 38.5. The minimum absolute atomic E-state index is 0.0472. The average molecular weight is 405 g/mol. The summed E-state index contributed by atoms with van der Waals surface area (Å²) in [5.41, 5.74) is 1.76. The number of halogens is 3. The summed E-state index contributed by atoms with van der Waals surface area (Å²) in [5, 5.41) is 2.91. The van der Waals surface area contributed by atoms with Gasteiger partial charge in [-0.1, -0.05) is 13.8 Å². The first kappa shape index (κ1) is 18.9. The molecule has 4 nitrogen and oxygen atoms in total. The van der Waals surface area contributed by atoms with Crippen molar-refractivity contribution in [3.8, 4) is 0 Å². The van der Waals surface area contributed by atoms with Crippen molar-refractivity contribution >= 4 is 22.6 Å². The van der Waals surface area contributed by atoms with Crippen LogP contribution in [0.1, 0.15) is 64.6 Å². The van der Waals surface area contributed by atoms with Gasteiger partial charge in [-0.15, -0.1) is 0 Å². The largest absolute Gasteiger partial charge is 0.449 e. The third kappa shape index (κ3) is 3.32. The summed E-state index contributed by atoms with van der Waals surface area (Å²) in [6, 6.07) is 4.64. The molecule has 4 aliphatic carbocycles. The van der Waals surface area contributed by atoms with Gasteiger partial charge in [-0.3, -0.25) is 4.79 Å². The Labute approximate surface area is 167 Å². The third-order valence-corrected chi connectivity index (χ3v) is 7.31. The average Bonchev–Trinajstić information content (AvgIpc) is 2.94. The van der Waals surface area contributed by atoms with E-state index in [1.54, 1.807) is 6.07 Å². The van der Waals surface area contributed by atoms with Gasteiger partial charge in [0, 0.05) is 12.1 Å². The van der Waals surface area contributed by atoms with E-state index in [9.17, 15) is 18.0 Å². The number of imidazole rings is 1. The first-order valence-corrected chi connectivity index (χ1v) is 10.3. The van der Waals surface area contributed by atoms with Crippen molar-refractivity contribution in [2.45, 2.75) is 65.0 Å². The van der Waals surface area contributed by atoms with E-state index in [0.717, 1.165) is 25.2 Å². The van der Waals surface area contributed by atoms with Gasteiger partial charge in [0.15, 0.2) is 0 Å². The SMILES string of the molecule is C[C@]12CC3CC(CC(=O)Nc4ccc5nc(C(F)(F)F)[nH]c5c4)(C1)C[C@@](C)(C3)C2. The molecule has 2 N–H and O–H groups in total. The summed E-state index contributed by atoms with van der Waals surface area (Å²) in [6.07, 6.45) is 3.13. The van der Waals surface area contributed by atoms with Crippen LogP contribution in [-0.4, -0.2) is 15.9 Å². The van der Waals surface area contributed by atoms with Crippen molar-refractivity contribution < 1.29 is 18.0 Å². The molecule has 1 amide bonds. The van der Waals surface area contributed by atoms with E-state index in [-0.39, 0.29) is 22.4 Å². The molecule has 0 saturated heterocycles. The Morgan fingerprint density at radius 2 is 1.86 bits per heavy atom. The Hall–Kier alpha value is -2.05. The standard InChI is InChI=1S/C22H26F3N3O/c1-19-6-13-7-20(2,10-19)12-21(8-13,11-19)9-17(29)26-14-3-4-15-16(5-14)28-18(27-15)22(23,24)25/h3-5,13H,6-12H2,1-2H3,(H,26,29)(H,27,28)/t13?,19-,20+,21?. The highest BCUT2D eigenvalue weighted by Crippen LogP contribution is 2.70. The number of nitrogens with zero attached hydrogens (tertiary/aromatic N) is 1.